The minimum atomic E-state index is 0.572. The van der Waals surface area contributed by atoms with Crippen LogP contribution in [-0.4, -0.2) is 16.3 Å². The Labute approximate surface area is 100 Å². The molecule has 0 spiro atoms. The Morgan fingerprint density at radius 2 is 2.44 bits per heavy atom. The van der Waals surface area contributed by atoms with Gasteiger partial charge in [0.1, 0.15) is 0 Å². The lowest BCUT2D eigenvalue weighted by Crippen LogP contribution is -2.19. The molecule has 0 aliphatic heterocycles. The highest BCUT2D eigenvalue weighted by atomic mass is 32.1. The van der Waals surface area contributed by atoms with E-state index in [2.05, 4.69) is 34.2 Å². The maximum absolute atomic E-state index is 4.14. The maximum atomic E-state index is 4.14. The minimum absolute atomic E-state index is 0.572. The summed E-state index contributed by atoms with van der Waals surface area (Å²) in [4.78, 5) is 0. The summed E-state index contributed by atoms with van der Waals surface area (Å²) in [6.07, 6.45) is 3.95. The van der Waals surface area contributed by atoms with Gasteiger partial charge >= 0.3 is 0 Å². The second kappa shape index (κ2) is 5.27. The van der Waals surface area contributed by atoms with Crippen molar-refractivity contribution in [1.29, 1.82) is 0 Å². The molecular weight excluding hydrogens is 218 g/mol. The molecule has 2 aromatic heterocycles. The third-order valence-corrected chi connectivity index (χ3v) is 3.35. The molecule has 0 fully saturated rings. The molecular formula is C12H17N3S. The van der Waals surface area contributed by atoms with Gasteiger partial charge in [0.05, 0.1) is 6.20 Å². The van der Waals surface area contributed by atoms with Crippen LogP contribution in [0.2, 0.25) is 0 Å². The Hall–Kier alpha value is -1.13. The first kappa shape index (κ1) is 11.4. The standard InChI is InChI=1S/C12H17N3S/c1-10(12-3-4-16-9-12)5-13-6-11-7-14-15(2)8-11/h3-4,7-10,13H,5-6H2,1-2H3. The molecule has 0 saturated heterocycles. The van der Waals surface area contributed by atoms with E-state index in [9.17, 15) is 0 Å². The van der Waals surface area contributed by atoms with Crippen molar-refractivity contribution in [3.8, 4) is 0 Å². The molecule has 0 radical (unpaired) electrons. The quantitative estimate of drug-likeness (QED) is 0.862. The van der Waals surface area contributed by atoms with Crippen LogP contribution in [0.3, 0.4) is 0 Å². The summed E-state index contributed by atoms with van der Waals surface area (Å²) in [6.45, 7) is 4.15. The minimum Gasteiger partial charge on any atom is -0.312 e. The van der Waals surface area contributed by atoms with E-state index in [4.69, 9.17) is 0 Å². The molecule has 86 valence electrons. The van der Waals surface area contributed by atoms with Gasteiger partial charge in [-0.05, 0) is 28.3 Å². The van der Waals surface area contributed by atoms with Crippen LogP contribution in [0.1, 0.15) is 24.0 Å². The number of hydrogen-bond donors (Lipinski definition) is 1. The smallest absolute Gasteiger partial charge is 0.0534 e. The molecule has 0 aromatic carbocycles. The molecule has 0 saturated carbocycles. The Morgan fingerprint density at radius 1 is 1.56 bits per heavy atom. The molecule has 2 heterocycles. The van der Waals surface area contributed by atoms with Crippen molar-refractivity contribution >= 4 is 11.3 Å². The van der Waals surface area contributed by atoms with Crippen LogP contribution in [0.15, 0.2) is 29.2 Å². The molecule has 1 atom stereocenters. The summed E-state index contributed by atoms with van der Waals surface area (Å²) in [6, 6.07) is 2.20. The second-order valence-electron chi connectivity index (χ2n) is 4.11. The predicted molar refractivity (Wildman–Crippen MR) is 67.6 cm³/mol. The summed E-state index contributed by atoms with van der Waals surface area (Å²) in [7, 11) is 1.94. The van der Waals surface area contributed by atoms with Gasteiger partial charge in [-0.3, -0.25) is 4.68 Å². The van der Waals surface area contributed by atoms with Crippen molar-refractivity contribution in [2.45, 2.75) is 19.4 Å². The number of aryl methyl sites for hydroxylation is 1. The maximum Gasteiger partial charge on any atom is 0.0534 e. The van der Waals surface area contributed by atoms with Crippen LogP contribution in [0.25, 0.3) is 0 Å². The lowest BCUT2D eigenvalue weighted by molar-refractivity contribution is 0.616. The molecule has 2 aromatic rings. The number of aromatic nitrogens is 2. The fourth-order valence-electron chi connectivity index (χ4n) is 1.67. The second-order valence-corrected chi connectivity index (χ2v) is 4.89. The van der Waals surface area contributed by atoms with Crippen LogP contribution in [0.5, 0.6) is 0 Å². The Kier molecular flexibility index (Phi) is 3.74. The van der Waals surface area contributed by atoms with Gasteiger partial charge in [-0.1, -0.05) is 6.92 Å². The first-order valence-corrected chi connectivity index (χ1v) is 6.40. The third-order valence-electron chi connectivity index (χ3n) is 2.65. The van der Waals surface area contributed by atoms with Gasteiger partial charge in [-0.25, -0.2) is 0 Å². The fourth-order valence-corrected chi connectivity index (χ4v) is 2.45. The summed E-state index contributed by atoms with van der Waals surface area (Å²) in [5.74, 6) is 0.572. The number of rotatable bonds is 5. The van der Waals surface area contributed by atoms with Gasteiger partial charge in [-0.15, -0.1) is 0 Å². The number of hydrogen-bond acceptors (Lipinski definition) is 3. The number of nitrogens with zero attached hydrogens (tertiary/aromatic N) is 2. The monoisotopic (exact) mass is 235 g/mol. The first-order chi connectivity index (χ1) is 7.75. The molecule has 1 unspecified atom stereocenters. The largest absolute Gasteiger partial charge is 0.312 e. The number of nitrogens with one attached hydrogen (secondary N) is 1. The van der Waals surface area contributed by atoms with Gasteiger partial charge in [0.2, 0.25) is 0 Å². The van der Waals surface area contributed by atoms with E-state index in [0.29, 0.717) is 5.92 Å². The van der Waals surface area contributed by atoms with Crippen molar-refractivity contribution in [1.82, 2.24) is 15.1 Å². The van der Waals surface area contributed by atoms with Crippen molar-refractivity contribution in [3.05, 3.63) is 40.3 Å². The highest BCUT2D eigenvalue weighted by molar-refractivity contribution is 7.07. The van der Waals surface area contributed by atoms with Crippen molar-refractivity contribution in [2.24, 2.45) is 7.05 Å². The zero-order valence-corrected chi connectivity index (χ0v) is 10.5. The SMILES string of the molecule is CC(CNCc1cnn(C)c1)c1ccsc1. The third kappa shape index (κ3) is 2.93. The Morgan fingerprint density at radius 3 is 3.06 bits per heavy atom. The average molecular weight is 235 g/mol. The summed E-state index contributed by atoms with van der Waals surface area (Å²) < 4.78 is 1.83. The predicted octanol–water partition coefficient (Wildman–Crippen LogP) is 2.37. The van der Waals surface area contributed by atoms with Crippen LogP contribution >= 0.6 is 11.3 Å². The van der Waals surface area contributed by atoms with E-state index in [1.54, 1.807) is 11.3 Å². The fraction of sp³-hybridized carbons (Fsp3) is 0.417. The first-order valence-electron chi connectivity index (χ1n) is 5.46. The molecule has 4 heteroatoms. The summed E-state index contributed by atoms with van der Waals surface area (Å²) >= 11 is 1.76. The molecule has 16 heavy (non-hydrogen) atoms. The molecule has 0 aliphatic carbocycles. The van der Waals surface area contributed by atoms with Gasteiger partial charge < -0.3 is 5.32 Å². The van der Waals surface area contributed by atoms with Crippen LogP contribution < -0.4 is 5.32 Å². The van der Waals surface area contributed by atoms with Gasteiger partial charge in [0.25, 0.3) is 0 Å². The van der Waals surface area contributed by atoms with Crippen LogP contribution in [-0.2, 0) is 13.6 Å². The van der Waals surface area contributed by atoms with E-state index < -0.39 is 0 Å². The summed E-state index contributed by atoms with van der Waals surface area (Å²) in [5, 5.41) is 11.9. The topological polar surface area (TPSA) is 29.9 Å². The summed E-state index contributed by atoms with van der Waals surface area (Å²) in [5.41, 5.74) is 2.66. The molecule has 0 bridgehead atoms. The van der Waals surface area contributed by atoms with Gasteiger partial charge in [0, 0.05) is 31.9 Å². The van der Waals surface area contributed by atoms with E-state index in [1.165, 1.54) is 11.1 Å². The Bertz CT molecular complexity index is 419. The zero-order valence-electron chi connectivity index (χ0n) is 9.68. The van der Waals surface area contributed by atoms with E-state index in [0.717, 1.165) is 13.1 Å². The highest BCUT2D eigenvalue weighted by Gasteiger charge is 2.05. The number of thiophene rings is 1. The lowest BCUT2D eigenvalue weighted by atomic mass is 10.1. The highest BCUT2D eigenvalue weighted by Crippen LogP contribution is 2.17. The van der Waals surface area contributed by atoms with Gasteiger partial charge in [0.15, 0.2) is 0 Å². The van der Waals surface area contributed by atoms with Gasteiger partial charge in [-0.2, -0.15) is 16.4 Å². The molecule has 1 N–H and O–H groups in total. The van der Waals surface area contributed by atoms with Crippen molar-refractivity contribution < 1.29 is 0 Å². The zero-order chi connectivity index (χ0) is 11.4. The van der Waals surface area contributed by atoms with Crippen molar-refractivity contribution in [3.63, 3.8) is 0 Å². The molecule has 0 amide bonds. The normalized spacial score (nSPS) is 12.9. The molecule has 2 rings (SSSR count). The van der Waals surface area contributed by atoms with Crippen LogP contribution in [0.4, 0.5) is 0 Å². The van der Waals surface area contributed by atoms with Crippen molar-refractivity contribution in [2.75, 3.05) is 6.54 Å². The molecule has 0 aliphatic rings. The van der Waals surface area contributed by atoms with E-state index >= 15 is 0 Å². The lowest BCUT2D eigenvalue weighted by Gasteiger charge is -2.10. The average Bonchev–Trinajstić information content (AvgIpc) is 2.89. The Balaban J connectivity index is 1.76. The van der Waals surface area contributed by atoms with E-state index in [1.807, 2.05) is 24.1 Å². The van der Waals surface area contributed by atoms with E-state index in [-0.39, 0.29) is 0 Å². The van der Waals surface area contributed by atoms with Crippen LogP contribution in [0, 0.1) is 0 Å². The molecule has 3 nitrogen and oxygen atoms in total.